The van der Waals surface area contributed by atoms with Crippen molar-refractivity contribution in [1.82, 2.24) is 15.0 Å². The van der Waals surface area contributed by atoms with Crippen LogP contribution in [0, 0.1) is 23.5 Å². The summed E-state index contributed by atoms with van der Waals surface area (Å²) in [5.74, 6) is -2.43. The Hall–Kier alpha value is -3.90. The van der Waals surface area contributed by atoms with E-state index in [4.69, 9.17) is 4.98 Å². The van der Waals surface area contributed by atoms with Crippen LogP contribution in [-0.4, -0.2) is 61.4 Å². The number of sulfonamides is 1. The molecule has 18 heteroatoms. The van der Waals surface area contributed by atoms with Crippen LogP contribution in [0.25, 0.3) is 21.8 Å². The molecule has 48 heavy (non-hydrogen) atoms. The van der Waals surface area contributed by atoms with Crippen LogP contribution >= 0.6 is 11.3 Å². The fourth-order valence-corrected chi connectivity index (χ4v) is 11.1. The second-order valence-electron chi connectivity index (χ2n) is 12.6. The highest BCUT2D eigenvalue weighted by atomic mass is 32.2. The monoisotopic (exact) mass is 726 g/mol. The zero-order valence-electron chi connectivity index (χ0n) is 25.2. The molecule has 0 bridgehead atoms. The number of rotatable bonds is 8. The lowest BCUT2D eigenvalue weighted by atomic mass is 9.90. The van der Waals surface area contributed by atoms with Crippen molar-refractivity contribution < 1.29 is 38.8 Å². The number of nitrogens with zero attached hydrogens (tertiary/aromatic N) is 4. The van der Waals surface area contributed by atoms with Crippen molar-refractivity contribution in [1.29, 1.82) is 0 Å². The van der Waals surface area contributed by atoms with E-state index in [0.29, 0.717) is 34.4 Å². The molecule has 0 unspecified atom stereocenters. The van der Waals surface area contributed by atoms with Crippen molar-refractivity contribution in [2.24, 2.45) is 11.8 Å². The fourth-order valence-electron chi connectivity index (χ4n) is 6.27. The van der Waals surface area contributed by atoms with Crippen LogP contribution in [0.3, 0.4) is 0 Å². The van der Waals surface area contributed by atoms with Crippen LogP contribution < -0.4 is 14.9 Å². The van der Waals surface area contributed by atoms with E-state index in [1.165, 1.54) is 29.7 Å². The Bertz CT molecular complexity index is 2160. The lowest BCUT2D eigenvalue weighted by molar-refractivity contribution is -0.140. The molecule has 3 atom stereocenters. The lowest BCUT2D eigenvalue weighted by Gasteiger charge is -2.48. The minimum absolute atomic E-state index is 0.0290. The second-order valence-corrected chi connectivity index (χ2v) is 17.4. The molecule has 2 aromatic heterocycles. The van der Waals surface area contributed by atoms with Gasteiger partial charge in [0.25, 0.3) is 10.0 Å². The molecule has 254 valence electrons. The predicted molar refractivity (Wildman–Crippen MR) is 170 cm³/mol. The number of hydrogen-bond acceptors (Lipinski definition) is 10. The smallest absolute Gasteiger partial charge is 0.351 e. The van der Waals surface area contributed by atoms with Crippen LogP contribution in [0.2, 0.25) is 0 Å². The van der Waals surface area contributed by atoms with E-state index in [2.05, 4.69) is 15.3 Å². The maximum atomic E-state index is 16.3. The van der Waals surface area contributed by atoms with Crippen LogP contribution in [-0.2, 0) is 26.0 Å². The molecule has 0 spiro atoms. The van der Waals surface area contributed by atoms with Crippen molar-refractivity contribution in [3.05, 3.63) is 65.9 Å². The molecule has 2 aliphatic heterocycles. The molecular weight excluding hydrogens is 700 g/mol. The number of fused-ring (bicyclic) bond motifs is 1. The van der Waals surface area contributed by atoms with Crippen molar-refractivity contribution in [2.75, 3.05) is 33.0 Å². The van der Waals surface area contributed by atoms with Crippen LogP contribution in [0.5, 0.6) is 0 Å². The van der Waals surface area contributed by atoms with E-state index in [1.54, 1.807) is 10.8 Å². The van der Waals surface area contributed by atoms with Gasteiger partial charge in [0.2, 0.25) is 5.95 Å². The molecule has 3 fully saturated rings. The third-order valence-corrected chi connectivity index (χ3v) is 13.3. The molecule has 4 heterocycles. The van der Waals surface area contributed by atoms with E-state index >= 15 is 4.39 Å². The molecule has 2 saturated heterocycles. The summed E-state index contributed by atoms with van der Waals surface area (Å²) >= 11 is 1.22. The highest BCUT2D eigenvalue weighted by Gasteiger charge is 2.59. The average molecular weight is 727 g/mol. The summed E-state index contributed by atoms with van der Waals surface area (Å²) in [5.41, 5.74) is -2.42. The first-order valence-electron chi connectivity index (χ1n) is 14.7. The zero-order valence-corrected chi connectivity index (χ0v) is 27.7. The maximum absolute atomic E-state index is 16.3. The Morgan fingerprint density at radius 1 is 1.02 bits per heavy atom. The van der Waals surface area contributed by atoms with E-state index in [-0.39, 0.29) is 52.1 Å². The first kappa shape index (κ1) is 32.6. The van der Waals surface area contributed by atoms with Crippen LogP contribution in [0.4, 0.5) is 38.7 Å². The van der Waals surface area contributed by atoms with Gasteiger partial charge in [0.15, 0.2) is 20.8 Å². The predicted octanol–water partition coefficient (Wildman–Crippen LogP) is 5.81. The molecular formula is C30H27F5N6O4S3. The van der Waals surface area contributed by atoms with Gasteiger partial charge in [0.05, 0.1) is 39.0 Å². The van der Waals surface area contributed by atoms with Crippen molar-refractivity contribution >= 4 is 48.0 Å². The SMILES string of the molecule is CC1(C)CCN1c1nc(-c2cccc(NS(=O)(=O)c3c(F)cccc3C(F)(F)F)c2F)c(-c2ccnc(N[C@@H]3[C@@H]4CS(=O)(=O)C[C@@H]43)n2)s1. The molecule has 3 aliphatic rings. The minimum atomic E-state index is -5.26. The third-order valence-electron chi connectivity index (χ3n) is 8.97. The summed E-state index contributed by atoms with van der Waals surface area (Å²) in [5, 5.41) is 3.74. The van der Waals surface area contributed by atoms with Gasteiger partial charge in [0, 0.05) is 29.9 Å². The largest absolute Gasteiger partial charge is 0.417 e. The summed E-state index contributed by atoms with van der Waals surface area (Å²) in [6.45, 7) is 4.71. The summed E-state index contributed by atoms with van der Waals surface area (Å²) < 4.78 is 124. The Kier molecular flexibility index (Phi) is 7.52. The molecule has 4 aromatic rings. The average Bonchev–Trinajstić information content (AvgIpc) is 3.28. The number of alkyl halides is 3. The van der Waals surface area contributed by atoms with E-state index in [9.17, 15) is 34.4 Å². The molecule has 1 aliphatic carbocycles. The molecule has 10 nitrogen and oxygen atoms in total. The van der Waals surface area contributed by atoms with E-state index in [1.807, 2.05) is 18.7 Å². The number of anilines is 3. The van der Waals surface area contributed by atoms with E-state index in [0.717, 1.165) is 18.6 Å². The minimum Gasteiger partial charge on any atom is -0.351 e. The first-order valence-corrected chi connectivity index (χ1v) is 18.8. The number of nitrogens with one attached hydrogen (secondary N) is 2. The molecule has 2 aromatic carbocycles. The zero-order chi connectivity index (χ0) is 34.4. The Morgan fingerprint density at radius 2 is 1.73 bits per heavy atom. The van der Waals surface area contributed by atoms with Gasteiger partial charge in [-0.2, -0.15) is 13.2 Å². The number of aromatic nitrogens is 3. The quantitative estimate of drug-likeness (QED) is 0.216. The third kappa shape index (κ3) is 5.76. The summed E-state index contributed by atoms with van der Waals surface area (Å²) in [4.78, 5) is 14.4. The van der Waals surface area contributed by atoms with Gasteiger partial charge in [-0.15, -0.1) is 0 Å². The summed E-state index contributed by atoms with van der Waals surface area (Å²) in [7, 11) is -8.32. The van der Waals surface area contributed by atoms with Crippen molar-refractivity contribution in [2.45, 2.75) is 42.9 Å². The van der Waals surface area contributed by atoms with Gasteiger partial charge in [-0.1, -0.05) is 23.5 Å². The van der Waals surface area contributed by atoms with Gasteiger partial charge in [-0.25, -0.2) is 40.6 Å². The Labute approximate surface area is 276 Å². The number of thiazole rings is 1. The standard InChI is InChI=1S/C30H27F5N6O4S3/c1-29(2)10-12-41(29)28-39-24(25(46-28)21-9-11-36-27(37-21)38-23-16-13-47(42,43)14-17(16)23)15-5-3-8-20(22(15)32)40-48(44,45)26-18(30(33,34)35)6-4-7-19(26)31/h3-9,11,16-17,23,40H,10,12-14H2,1-2H3,(H,36,37,38)/t16-,17+,23-. The molecule has 0 radical (unpaired) electrons. The number of halogens is 5. The first-order chi connectivity index (χ1) is 22.5. The van der Waals surface area contributed by atoms with Gasteiger partial charge >= 0.3 is 6.18 Å². The highest BCUT2D eigenvalue weighted by Crippen LogP contribution is 2.49. The van der Waals surface area contributed by atoms with Crippen LogP contribution in [0.1, 0.15) is 25.8 Å². The maximum Gasteiger partial charge on any atom is 0.417 e. The fraction of sp³-hybridized carbons (Fsp3) is 0.367. The number of hydrogen-bond donors (Lipinski definition) is 2. The van der Waals surface area contributed by atoms with E-state index < -0.39 is 53.8 Å². The number of sulfone groups is 1. The van der Waals surface area contributed by atoms with Gasteiger partial charge in [-0.3, -0.25) is 4.72 Å². The molecule has 1 saturated carbocycles. The number of benzene rings is 2. The van der Waals surface area contributed by atoms with Crippen molar-refractivity contribution in [3.63, 3.8) is 0 Å². The van der Waals surface area contributed by atoms with Gasteiger partial charge in [-0.05, 0) is 62.4 Å². The van der Waals surface area contributed by atoms with Gasteiger partial charge < -0.3 is 10.2 Å². The summed E-state index contributed by atoms with van der Waals surface area (Å²) in [6, 6.07) is 6.86. The Morgan fingerprint density at radius 3 is 2.38 bits per heavy atom. The second kappa shape index (κ2) is 11.1. The molecule has 7 rings (SSSR count). The summed E-state index contributed by atoms with van der Waals surface area (Å²) in [6.07, 6.45) is -2.84. The molecule has 2 N–H and O–H groups in total. The highest BCUT2D eigenvalue weighted by molar-refractivity contribution is 7.92. The Balaban J connectivity index is 1.26. The van der Waals surface area contributed by atoms with Crippen LogP contribution in [0.15, 0.2) is 53.6 Å². The molecule has 0 amide bonds. The topological polar surface area (TPSA) is 134 Å². The van der Waals surface area contributed by atoms with Crippen molar-refractivity contribution in [3.8, 4) is 21.8 Å². The lowest BCUT2D eigenvalue weighted by Crippen LogP contribution is -2.56. The van der Waals surface area contributed by atoms with Gasteiger partial charge in [0.1, 0.15) is 10.7 Å². The normalized spacial score (nSPS) is 22.6.